The first kappa shape index (κ1) is 17.1. The fraction of sp³-hybridized carbons (Fsp3) is 0.389. The minimum atomic E-state index is 0.0591. The summed E-state index contributed by atoms with van der Waals surface area (Å²) in [4.78, 5) is 17.5. The van der Waals surface area contributed by atoms with Gasteiger partial charge < -0.3 is 19.0 Å². The molecule has 136 valence electrons. The number of aromatic nitrogens is 3. The van der Waals surface area contributed by atoms with Crippen LogP contribution < -0.4 is 0 Å². The van der Waals surface area contributed by atoms with E-state index in [2.05, 4.69) is 15.2 Å². The number of fused-ring (bicyclic) bond motifs is 1. The molecule has 1 fully saturated rings. The highest BCUT2D eigenvalue weighted by molar-refractivity contribution is 7.99. The van der Waals surface area contributed by atoms with Crippen LogP contribution in [0.4, 0.5) is 0 Å². The second-order valence-corrected chi connectivity index (χ2v) is 7.39. The lowest BCUT2D eigenvalue weighted by atomic mass is 10.2. The minimum absolute atomic E-state index is 0.0591. The highest BCUT2D eigenvalue weighted by Crippen LogP contribution is 2.29. The van der Waals surface area contributed by atoms with Crippen molar-refractivity contribution in [3.8, 4) is 11.5 Å². The van der Waals surface area contributed by atoms with E-state index in [0.29, 0.717) is 24.2 Å². The van der Waals surface area contributed by atoms with Gasteiger partial charge in [-0.1, -0.05) is 30.0 Å². The van der Waals surface area contributed by atoms with Crippen molar-refractivity contribution in [1.29, 1.82) is 0 Å². The van der Waals surface area contributed by atoms with Crippen LogP contribution in [0.2, 0.25) is 0 Å². The maximum atomic E-state index is 12.4. The van der Waals surface area contributed by atoms with Crippen LogP contribution >= 0.6 is 11.8 Å². The Balaban J connectivity index is 1.42. The summed E-state index contributed by atoms with van der Waals surface area (Å²) < 4.78 is 11.4. The lowest BCUT2D eigenvalue weighted by Gasteiger charge is -2.35. The Morgan fingerprint density at radius 3 is 2.85 bits per heavy atom. The van der Waals surface area contributed by atoms with E-state index >= 15 is 0 Å². The maximum absolute atomic E-state index is 12.4. The second-order valence-electron chi connectivity index (χ2n) is 6.47. The van der Waals surface area contributed by atoms with E-state index in [4.69, 9.17) is 9.15 Å². The number of benzene rings is 1. The van der Waals surface area contributed by atoms with Crippen molar-refractivity contribution in [2.75, 3.05) is 18.8 Å². The van der Waals surface area contributed by atoms with Crippen molar-refractivity contribution in [3.63, 3.8) is 0 Å². The third kappa shape index (κ3) is 3.47. The molecular formula is C18H20N4O3S. The first-order chi connectivity index (χ1) is 12.6. The summed E-state index contributed by atoms with van der Waals surface area (Å²) in [5.41, 5.74) is 1.88. The molecule has 7 nitrogen and oxygen atoms in total. The Hall–Kier alpha value is -2.32. The Morgan fingerprint density at radius 2 is 2.04 bits per heavy atom. The standard InChI is InChI=1S/C18H20N4O3S/c1-11-8-22(9-12(2)24-11)16(23)10-26-18-21-20-17(25-18)14-7-19-15-6-4-3-5-13(14)15/h3-7,11-12,19H,8-10H2,1-2H3. The van der Waals surface area contributed by atoms with Gasteiger partial charge in [0, 0.05) is 30.2 Å². The van der Waals surface area contributed by atoms with Gasteiger partial charge in [-0.25, -0.2) is 0 Å². The second kappa shape index (κ2) is 7.13. The molecule has 3 heterocycles. The zero-order valence-electron chi connectivity index (χ0n) is 14.6. The molecule has 2 unspecified atom stereocenters. The van der Waals surface area contributed by atoms with E-state index in [-0.39, 0.29) is 23.9 Å². The predicted octanol–water partition coefficient (Wildman–Crippen LogP) is 2.95. The van der Waals surface area contributed by atoms with E-state index in [1.54, 1.807) is 0 Å². The number of hydrogen-bond acceptors (Lipinski definition) is 6. The predicted molar refractivity (Wildman–Crippen MR) is 98.9 cm³/mol. The zero-order valence-corrected chi connectivity index (χ0v) is 15.5. The number of ether oxygens (including phenoxy) is 1. The Bertz CT molecular complexity index is 912. The van der Waals surface area contributed by atoms with Gasteiger partial charge in [0.25, 0.3) is 11.1 Å². The number of rotatable bonds is 4. The Labute approximate surface area is 155 Å². The molecule has 4 rings (SSSR count). The van der Waals surface area contributed by atoms with Crippen LogP contribution in [0, 0.1) is 0 Å². The van der Waals surface area contributed by atoms with E-state index in [1.165, 1.54) is 11.8 Å². The van der Waals surface area contributed by atoms with Gasteiger partial charge in [0.2, 0.25) is 5.91 Å². The lowest BCUT2D eigenvalue weighted by Crippen LogP contribution is -2.48. The molecule has 0 spiro atoms. The number of H-pyrrole nitrogens is 1. The smallest absolute Gasteiger partial charge is 0.277 e. The number of carbonyl (C=O) groups excluding carboxylic acids is 1. The third-order valence-corrected chi connectivity index (χ3v) is 5.12. The summed E-state index contributed by atoms with van der Waals surface area (Å²) in [6.45, 7) is 5.20. The number of nitrogens with zero attached hydrogens (tertiary/aromatic N) is 3. The van der Waals surface area contributed by atoms with Crippen molar-refractivity contribution in [3.05, 3.63) is 30.5 Å². The van der Waals surface area contributed by atoms with Gasteiger partial charge in [0.15, 0.2) is 0 Å². The number of hydrogen-bond donors (Lipinski definition) is 1. The summed E-state index contributed by atoms with van der Waals surface area (Å²) in [6.07, 6.45) is 1.98. The van der Waals surface area contributed by atoms with Crippen molar-refractivity contribution in [2.24, 2.45) is 0 Å². The van der Waals surface area contributed by atoms with Crippen molar-refractivity contribution in [1.82, 2.24) is 20.1 Å². The Morgan fingerprint density at radius 1 is 1.27 bits per heavy atom. The first-order valence-corrected chi connectivity index (χ1v) is 9.54. The number of nitrogens with one attached hydrogen (secondary N) is 1. The molecule has 0 saturated carbocycles. The fourth-order valence-corrected chi connectivity index (χ4v) is 3.89. The van der Waals surface area contributed by atoms with Crippen LogP contribution in [0.15, 0.2) is 40.1 Å². The zero-order chi connectivity index (χ0) is 18.1. The quantitative estimate of drug-likeness (QED) is 0.709. The largest absolute Gasteiger partial charge is 0.411 e. The molecule has 0 aliphatic carbocycles. The molecular weight excluding hydrogens is 352 g/mol. The summed E-state index contributed by atoms with van der Waals surface area (Å²) >= 11 is 1.27. The summed E-state index contributed by atoms with van der Waals surface area (Å²) in [6, 6.07) is 7.93. The number of carbonyl (C=O) groups is 1. The third-order valence-electron chi connectivity index (χ3n) is 4.32. The van der Waals surface area contributed by atoms with E-state index in [9.17, 15) is 4.79 Å². The highest BCUT2D eigenvalue weighted by Gasteiger charge is 2.26. The van der Waals surface area contributed by atoms with Gasteiger partial charge in [0.1, 0.15) is 0 Å². The molecule has 26 heavy (non-hydrogen) atoms. The van der Waals surface area contributed by atoms with Crippen molar-refractivity contribution in [2.45, 2.75) is 31.3 Å². The van der Waals surface area contributed by atoms with Gasteiger partial charge in [-0.05, 0) is 19.9 Å². The number of morpholine rings is 1. The molecule has 2 atom stereocenters. The topological polar surface area (TPSA) is 84.3 Å². The highest BCUT2D eigenvalue weighted by atomic mass is 32.2. The molecule has 1 N–H and O–H groups in total. The molecule has 1 amide bonds. The number of para-hydroxylation sites is 1. The lowest BCUT2D eigenvalue weighted by molar-refractivity contribution is -0.140. The molecule has 8 heteroatoms. The summed E-state index contributed by atoms with van der Waals surface area (Å²) in [7, 11) is 0. The van der Waals surface area contributed by atoms with Gasteiger partial charge in [-0.15, -0.1) is 10.2 Å². The molecule has 0 radical (unpaired) electrons. The van der Waals surface area contributed by atoms with E-state index < -0.39 is 0 Å². The van der Waals surface area contributed by atoms with E-state index in [1.807, 2.05) is 49.2 Å². The molecule has 1 saturated heterocycles. The normalized spacial score (nSPS) is 20.6. The minimum Gasteiger partial charge on any atom is -0.411 e. The molecule has 0 bridgehead atoms. The van der Waals surface area contributed by atoms with Crippen LogP contribution in [0.5, 0.6) is 0 Å². The van der Waals surface area contributed by atoms with Crippen molar-refractivity contribution < 1.29 is 13.9 Å². The van der Waals surface area contributed by atoms with Crippen LogP contribution in [-0.4, -0.2) is 57.0 Å². The van der Waals surface area contributed by atoms with Crippen LogP contribution in [0.1, 0.15) is 13.8 Å². The van der Waals surface area contributed by atoms with Crippen LogP contribution in [0.25, 0.3) is 22.4 Å². The monoisotopic (exact) mass is 372 g/mol. The molecule has 2 aromatic heterocycles. The number of amides is 1. The SMILES string of the molecule is CC1CN(C(=O)CSc2nnc(-c3c[nH]c4ccccc34)o2)CC(C)O1. The van der Waals surface area contributed by atoms with E-state index in [0.717, 1.165) is 16.5 Å². The number of thioether (sulfide) groups is 1. The average molecular weight is 372 g/mol. The average Bonchev–Trinajstić information content (AvgIpc) is 3.25. The van der Waals surface area contributed by atoms with Crippen LogP contribution in [0.3, 0.4) is 0 Å². The van der Waals surface area contributed by atoms with Gasteiger partial charge in [-0.2, -0.15) is 0 Å². The van der Waals surface area contributed by atoms with Gasteiger partial charge in [-0.3, -0.25) is 4.79 Å². The first-order valence-electron chi connectivity index (χ1n) is 8.56. The maximum Gasteiger partial charge on any atom is 0.277 e. The molecule has 1 aliphatic rings. The van der Waals surface area contributed by atoms with Gasteiger partial charge in [0.05, 0.1) is 23.5 Å². The Kier molecular flexibility index (Phi) is 4.69. The van der Waals surface area contributed by atoms with Crippen molar-refractivity contribution >= 4 is 28.6 Å². The summed E-state index contributed by atoms with van der Waals surface area (Å²) in [5, 5.41) is 9.61. The molecule has 3 aromatic rings. The number of aromatic amines is 1. The van der Waals surface area contributed by atoms with Crippen LogP contribution in [-0.2, 0) is 9.53 Å². The van der Waals surface area contributed by atoms with Gasteiger partial charge >= 0.3 is 0 Å². The molecule has 1 aliphatic heterocycles. The molecule has 1 aromatic carbocycles. The fourth-order valence-electron chi connectivity index (χ4n) is 3.22. The summed E-state index contributed by atoms with van der Waals surface area (Å²) in [5.74, 6) is 0.782.